The quantitative estimate of drug-likeness (QED) is 0.574. The smallest absolute Gasteiger partial charge is 0.234 e. The zero-order valence-electron chi connectivity index (χ0n) is 18.3. The molecule has 7 heteroatoms. The van der Waals surface area contributed by atoms with E-state index in [0.717, 1.165) is 16.5 Å². The molecule has 4 atom stereocenters. The number of hydrogen-bond donors (Lipinski definition) is 2. The minimum atomic E-state index is -0.762. The van der Waals surface area contributed by atoms with Crippen LogP contribution in [0.5, 0.6) is 5.75 Å². The third-order valence-corrected chi connectivity index (χ3v) is 7.15. The molecule has 0 radical (unpaired) electrons. The lowest BCUT2D eigenvalue weighted by Crippen LogP contribution is -2.44. The molecule has 3 aliphatic heterocycles. The average molecular weight is 444 g/mol. The van der Waals surface area contributed by atoms with Gasteiger partial charge in [0.1, 0.15) is 11.4 Å². The minimum Gasteiger partial charge on any atom is -0.495 e. The van der Waals surface area contributed by atoms with Gasteiger partial charge >= 0.3 is 0 Å². The molecule has 0 aliphatic carbocycles. The summed E-state index contributed by atoms with van der Waals surface area (Å²) in [7, 11) is 1.59. The summed E-state index contributed by atoms with van der Waals surface area (Å²) in [5, 5.41) is 4.22. The maximum absolute atomic E-state index is 13.5. The van der Waals surface area contributed by atoms with Gasteiger partial charge in [-0.2, -0.15) is 0 Å². The second-order valence-corrected chi connectivity index (χ2v) is 8.90. The topological polar surface area (TPSA) is 83.7 Å². The minimum absolute atomic E-state index is 0.0943. The van der Waals surface area contributed by atoms with E-state index in [1.54, 1.807) is 12.0 Å². The zero-order chi connectivity index (χ0) is 22.6. The largest absolute Gasteiger partial charge is 0.495 e. The molecule has 168 valence electrons. The van der Waals surface area contributed by atoms with Crippen LogP contribution in [0.15, 0.2) is 66.9 Å². The molecular weight excluding hydrogens is 418 g/mol. The Morgan fingerprint density at radius 1 is 1.24 bits per heavy atom. The Labute approximate surface area is 191 Å². The van der Waals surface area contributed by atoms with Crippen LogP contribution in [0.3, 0.4) is 0 Å². The molecule has 2 unspecified atom stereocenters. The number of para-hydroxylation sites is 3. The maximum Gasteiger partial charge on any atom is 0.234 e. The van der Waals surface area contributed by atoms with E-state index in [1.165, 1.54) is 0 Å². The molecule has 33 heavy (non-hydrogen) atoms. The number of fused-ring (bicyclic) bond motifs is 2. The Morgan fingerprint density at radius 2 is 2.06 bits per heavy atom. The van der Waals surface area contributed by atoms with Crippen molar-refractivity contribution in [1.29, 1.82) is 0 Å². The first kappa shape index (κ1) is 20.1. The van der Waals surface area contributed by atoms with Crippen molar-refractivity contribution in [2.45, 2.75) is 18.1 Å². The Balaban J connectivity index is 1.19. The van der Waals surface area contributed by atoms with Gasteiger partial charge in [-0.05, 0) is 30.2 Å². The highest BCUT2D eigenvalue weighted by molar-refractivity contribution is 6.04. The number of aromatic amines is 1. The summed E-state index contributed by atoms with van der Waals surface area (Å²) < 4.78 is 11.7. The molecule has 1 aromatic heterocycles. The molecule has 2 aromatic carbocycles. The predicted octanol–water partition coefficient (Wildman–Crippen LogP) is 2.82. The number of H-pyrrole nitrogens is 1. The van der Waals surface area contributed by atoms with Gasteiger partial charge in [-0.25, -0.2) is 0 Å². The van der Waals surface area contributed by atoms with E-state index in [9.17, 15) is 9.59 Å². The molecule has 2 N–H and O–H groups in total. The summed E-state index contributed by atoms with van der Waals surface area (Å²) in [6.45, 7) is 0.876. The Hall–Kier alpha value is -3.58. The van der Waals surface area contributed by atoms with Gasteiger partial charge in [0.25, 0.3) is 0 Å². The molecule has 4 heterocycles. The van der Waals surface area contributed by atoms with Gasteiger partial charge in [0.05, 0.1) is 37.3 Å². The highest BCUT2D eigenvalue weighted by Gasteiger charge is 2.67. The van der Waals surface area contributed by atoms with E-state index in [0.29, 0.717) is 30.9 Å². The lowest BCUT2D eigenvalue weighted by molar-refractivity contribution is -0.131. The van der Waals surface area contributed by atoms with Crippen LogP contribution in [0.2, 0.25) is 0 Å². The summed E-state index contributed by atoms with van der Waals surface area (Å²) in [6, 6.07) is 15.6. The summed E-state index contributed by atoms with van der Waals surface area (Å²) >= 11 is 0. The second-order valence-electron chi connectivity index (χ2n) is 8.90. The Bertz CT molecular complexity index is 1280. The first-order valence-corrected chi connectivity index (χ1v) is 11.3. The molecule has 6 rings (SSSR count). The van der Waals surface area contributed by atoms with E-state index in [1.807, 2.05) is 60.8 Å². The molecule has 2 amide bonds. The van der Waals surface area contributed by atoms with Crippen molar-refractivity contribution in [3.63, 3.8) is 0 Å². The monoisotopic (exact) mass is 443 g/mol. The summed E-state index contributed by atoms with van der Waals surface area (Å²) in [5.74, 6) is -0.675. The fourth-order valence-electron chi connectivity index (χ4n) is 5.63. The number of ether oxygens (including phenoxy) is 2. The Kier molecular flexibility index (Phi) is 4.55. The van der Waals surface area contributed by atoms with Crippen molar-refractivity contribution < 1.29 is 19.1 Å². The van der Waals surface area contributed by atoms with Gasteiger partial charge in [0.2, 0.25) is 11.8 Å². The third kappa shape index (κ3) is 2.99. The second kappa shape index (κ2) is 7.49. The number of nitrogens with one attached hydrogen (secondary N) is 2. The van der Waals surface area contributed by atoms with Gasteiger partial charge in [-0.3, -0.25) is 9.59 Å². The van der Waals surface area contributed by atoms with Gasteiger partial charge in [-0.1, -0.05) is 42.5 Å². The zero-order valence-corrected chi connectivity index (χ0v) is 18.3. The van der Waals surface area contributed by atoms with Gasteiger partial charge in [0.15, 0.2) is 0 Å². The molecule has 3 aliphatic rings. The lowest BCUT2D eigenvalue weighted by atomic mass is 9.77. The normalized spacial score (nSPS) is 27.4. The molecular formula is C26H25N3O4. The number of amides is 2. The number of nitrogens with zero attached hydrogens (tertiary/aromatic N) is 1. The number of carbonyl (C=O) groups is 2. The van der Waals surface area contributed by atoms with E-state index >= 15 is 0 Å². The molecule has 7 nitrogen and oxygen atoms in total. The number of aromatic nitrogens is 1. The number of hydrogen-bond acceptors (Lipinski definition) is 4. The summed E-state index contributed by atoms with van der Waals surface area (Å²) in [6.07, 6.45) is 6.22. The SMILES string of the molecule is COc1ccccc1N1C[C@@]23C=C[C@H](O2)C(C(=O)NCCc2c[nH]c4ccccc24)C3C1=O. The Morgan fingerprint density at radius 3 is 2.94 bits per heavy atom. The number of rotatable bonds is 6. The highest BCUT2D eigenvalue weighted by Crippen LogP contribution is 2.53. The van der Waals surface area contributed by atoms with E-state index in [2.05, 4.69) is 16.4 Å². The van der Waals surface area contributed by atoms with E-state index in [-0.39, 0.29) is 17.9 Å². The summed E-state index contributed by atoms with van der Waals surface area (Å²) in [5.41, 5.74) is 2.18. The standard InChI is InChI=1S/C26H25N3O4/c1-32-20-9-5-4-8-19(20)29-15-26-12-10-21(33-26)22(23(26)25(29)31)24(30)27-13-11-16-14-28-18-7-3-2-6-17(16)18/h2-10,12,14,21-23,28H,11,13,15H2,1H3,(H,27,30)/t21-,22?,23?,26+/m0/s1. The van der Waals surface area contributed by atoms with E-state index in [4.69, 9.17) is 9.47 Å². The number of benzene rings is 2. The van der Waals surface area contributed by atoms with Crippen LogP contribution in [0.1, 0.15) is 5.56 Å². The third-order valence-electron chi connectivity index (χ3n) is 7.15. The van der Waals surface area contributed by atoms with Crippen LogP contribution >= 0.6 is 0 Å². The molecule has 2 bridgehead atoms. The van der Waals surface area contributed by atoms with Gasteiger partial charge in [0, 0.05) is 23.6 Å². The van der Waals surface area contributed by atoms with Crippen molar-refractivity contribution in [2.24, 2.45) is 11.8 Å². The lowest BCUT2D eigenvalue weighted by Gasteiger charge is -2.23. The van der Waals surface area contributed by atoms with Crippen LogP contribution in [0, 0.1) is 11.8 Å². The van der Waals surface area contributed by atoms with Crippen molar-refractivity contribution in [3.05, 3.63) is 72.4 Å². The van der Waals surface area contributed by atoms with Crippen molar-refractivity contribution >= 4 is 28.4 Å². The van der Waals surface area contributed by atoms with Crippen molar-refractivity contribution in [3.8, 4) is 5.75 Å². The average Bonchev–Trinajstić information content (AvgIpc) is 3.59. The fourth-order valence-corrected chi connectivity index (χ4v) is 5.63. The van der Waals surface area contributed by atoms with Gasteiger partial charge < -0.3 is 24.7 Å². The fraction of sp³-hybridized carbons (Fsp3) is 0.308. The maximum atomic E-state index is 13.5. The van der Waals surface area contributed by atoms with Crippen LogP contribution in [-0.2, 0) is 20.7 Å². The van der Waals surface area contributed by atoms with Crippen LogP contribution in [0.25, 0.3) is 10.9 Å². The van der Waals surface area contributed by atoms with Crippen molar-refractivity contribution in [2.75, 3.05) is 25.1 Å². The van der Waals surface area contributed by atoms with Gasteiger partial charge in [-0.15, -0.1) is 0 Å². The molecule has 0 saturated carbocycles. The highest BCUT2D eigenvalue weighted by atomic mass is 16.5. The first-order valence-electron chi connectivity index (χ1n) is 11.3. The number of carbonyl (C=O) groups excluding carboxylic acids is 2. The number of methoxy groups -OCH3 is 1. The van der Waals surface area contributed by atoms with Crippen LogP contribution in [0.4, 0.5) is 5.69 Å². The first-order chi connectivity index (χ1) is 16.1. The van der Waals surface area contributed by atoms with E-state index < -0.39 is 17.4 Å². The number of anilines is 1. The molecule has 1 spiro atoms. The predicted molar refractivity (Wildman–Crippen MR) is 124 cm³/mol. The molecule has 2 saturated heterocycles. The van der Waals surface area contributed by atoms with Crippen molar-refractivity contribution in [1.82, 2.24) is 10.3 Å². The van der Waals surface area contributed by atoms with Crippen LogP contribution in [-0.4, -0.2) is 48.7 Å². The molecule has 3 aromatic rings. The van der Waals surface area contributed by atoms with Crippen LogP contribution < -0.4 is 15.0 Å². The molecule has 2 fully saturated rings. The summed E-state index contributed by atoms with van der Waals surface area (Å²) in [4.78, 5) is 31.7.